The molecule has 4 fully saturated rings. The monoisotopic (exact) mass is 897 g/mol. The SMILES string of the molecule is C=C1CCN(C(=O)C(c2ccccc2)N2CCN(C)CC2)C1c1nc2ccc(-c3cnc(-c4cccc5[nH]c(C6CCCN6C(=O)C(c6cccc(C)c6)N6CCN(C)CC6)nc45)o3)cc2[nH]1. The van der Waals surface area contributed by atoms with Crippen molar-refractivity contribution in [3.63, 3.8) is 0 Å². The van der Waals surface area contributed by atoms with Crippen molar-refractivity contribution in [2.45, 2.75) is 50.4 Å². The number of oxazole rings is 1. The van der Waals surface area contributed by atoms with E-state index in [4.69, 9.17) is 19.4 Å². The third-order valence-electron chi connectivity index (χ3n) is 14.6. The fraction of sp³-hybridized carbons (Fsp3) is 0.377. The molecule has 4 saturated heterocycles. The number of H-pyrrole nitrogens is 2. The molecule has 0 aliphatic carbocycles. The van der Waals surface area contributed by atoms with E-state index in [1.807, 2.05) is 59.5 Å². The van der Waals surface area contributed by atoms with E-state index in [2.05, 4.69) is 98.5 Å². The summed E-state index contributed by atoms with van der Waals surface area (Å²) in [6, 6.07) is 29.3. The van der Waals surface area contributed by atoms with E-state index in [9.17, 15) is 9.59 Å². The van der Waals surface area contributed by atoms with Crippen LogP contribution in [-0.4, -0.2) is 146 Å². The Bertz CT molecular complexity index is 2940. The summed E-state index contributed by atoms with van der Waals surface area (Å²) in [5.41, 5.74) is 9.05. The van der Waals surface area contributed by atoms with Crippen LogP contribution in [-0.2, 0) is 9.59 Å². The summed E-state index contributed by atoms with van der Waals surface area (Å²) >= 11 is 0. The predicted octanol–water partition coefficient (Wildman–Crippen LogP) is 7.54. The van der Waals surface area contributed by atoms with Crippen molar-refractivity contribution in [3.05, 3.63) is 138 Å². The molecule has 0 saturated carbocycles. The number of imidazole rings is 2. The molecule has 4 aromatic carbocycles. The summed E-state index contributed by atoms with van der Waals surface area (Å²) in [4.78, 5) is 65.0. The number of amides is 2. The number of aromatic nitrogens is 5. The zero-order valence-electron chi connectivity index (χ0n) is 38.7. The fourth-order valence-corrected chi connectivity index (χ4v) is 10.8. The van der Waals surface area contributed by atoms with Gasteiger partial charge >= 0.3 is 0 Å². The van der Waals surface area contributed by atoms with Crippen LogP contribution in [0.3, 0.4) is 0 Å². The van der Waals surface area contributed by atoms with Crippen molar-refractivity contribution in [2.75, 3.05) is 79.5 Å². The topological polar surface area (TPSA) is 137 Å². The first-order valence-electron chi connectivity index (χ1n) is 23.9. The van der Waals surface area contributed by atoms with Gasteiger partial charge in [-0.05, 0) is 87.3 Å². The van der Waals surface area contributed by atoms with E-state index < -0.39 is 0 Å². The molecule has 14 heteroatoms. The van der Waals surface area contributed by atoms with E-state index in [1.165, 1.54) is 0 Å². The number of benzene rings is 4. The Morgan fingerprint density at radius 2 is 1.39 bits per heavy atom. The van der Waals surface area contributed by atoms with Crippen LogP contribution in [0, 0.1) is 6.92 Å². The predicted molar refractivity (Wildman–Crippen MR) is 260 cm³/mol. The van der Waals surface area contributed by atoms with Crippen molar-refractivity contribution < 1.29 is 14.0 Å². The van der Waals surface area contributed by atoms with Gasteiger partial charge in [0.15, 0.2) is 5.76 Å². The summed E-state index contributed by atoms with van der Waals surface area (Å²) < 4.78 is 6.53. The van der Waals surface area contributed by atoms with Crippen LogP contribution < -0.4 is 0 Å². The molecule has 4 unspecified atom stereocenters. The largest absolute Gasteiger partial charge is 0.436 e. The van der Waals surface area contributed by atoms with Crippen molar-refractivity contribution in [1.29, 1.82) is 0 Å². The minimum atomic E-state index is -0.380. The number of fused-ring (bicyclic) bond motifs is 2. The molecule has 2 amide bonds. The number of likely N-dealkylation sites (N-methyl/N-ethyl adjacent to an activating group) is 2. The number of hydrogen-bond donors (Lipinski definition) is 2. The fourth-order valence-electron chi connectivity index (χ4n) is 10.8. The molecule has 2 N–H and O–H groups in total. The zero-order chi connectivity index (χ0) is 45.8. The molecule has 11 rings (SSSR count). The Labute approximate surface area is 391 Å². The minimum Gasteiger partial charge on any atom is -0.436 e. The van der Waals surface area contributed by atoms with Gasteiger partial charge in [-0.1, -0.05) is 72.8 Å². The van der Waals surface area contributed by atoms with Crippen molar-refractivity contribution in [2.24, 2.45) is 0 Å². The van der Waals surface area contributed by atoms with E-state index in [-0.39, 0.29) is 36.0 Å². The Kier molecular flexibility index (Phi) is 11.6. The molecule has 3 aromatic heterocycles. The van der Waals surface area contributed by atoms with Crippen molar-refractivity contribution >= 4 is 33.9 Å². The molecule has 7 heterocycles. The first-order chi connectivity index (χ1) is 32.7. The normalized spacial score (nSPS) is 21.2. The van der Waals surface area contributed by atoms with E-state index in [0.29, 0.717) is 30.6 Å². The Morgan fingerprint density at radius 1 is 0.701 bits per heavy atom. The molecule has 4 aliphatic rings. The summed E-state index contributed by atoms with van der Waals surface area (Å²) in [5.74, 6) is 2.77. The molecule has 7 aromatic rings. The molecular weight excluding hydrogens is 839 g/mol. The van der Waals surface area contributed by atoms with E-state index >= 15 is 0 Å². The quantitative estimate of drug-likeness (QED) is 0.133. The molecule has 344 valence electrons. The van der Waals surface area contributed by atoms with Gasteiger partial charge in [-0.2, -0.15) is 0 Å². The summed E-state index contributed by atoms with van der Waals surface area (Å²) in [6.07, 6.45) is 4.21. The van der Waals surface area contributed by atoms with Gasteiger partial charge in [0.05, 0.1) is 34.4 Å². The molecule has 4 atom stereocenters. The third-order valence-corrected chi connectivity index (χ3v) is 14.6. The lowest BCUT2D eigenvalue weighted by molar-refractivity contribution is -0.139. The average molecular weight is 898 g/mol. The second-order valence-corrected chi connectivity index (χ2v) is 19.0. The third kappa shape index (κ3) is 8.26. The first-order valence-corrected chi connectivity index (χ1v) is 23.9. The Morgan fingerprint density at radius 3 is 2.13 bits per heavy atom. The van der Waals surface area contributed by atoms with Crippen LogP contribution in [0.2, 0.25) is 0 Å². The highest BCUT2D eigenvalue weighted by atomic mass is 16.4. The lowest BCUT2D eigenvalue weighted by atomic mass is 10.00. The standard InChI is InChI=1S/C53H59N11O3/c1-34-11-8-14-38(31-34)48(62-29-25-60(4)26-30-62)52(65)63-21-10-17-43(63)49-56-41-16-9-15-39(45(41)58-49)51-54-33-44(67-51)37-18-19-40-42(32-37)57-50(55-40)46-35(2)20-22-64(46)53(66)47(36-12-6-5-7-13-36)61-27-23-59(3)24-28-61/h5-9,11-16,18-19,31-33,43,46-48H,2,10,17,20-30H2,1,3-4H3,(H,55,57)(H,56,58). The zero-order valence-corrected chi connectivity index (χ0v) is 38.7. The number of para-hydroxylation sites is 1. The number of nitrogens with one attached hydrogen (secondary N) is 2. The number of piperazine rings is 2. The van der Waals surface area contributed by atoms with Crippen LogP contribution in [0.5, 0.6) is 0 Å². The number of likely N-dealkylation sites (tertiary alicyclic amines) is 2. The number of rotatable bonds is 10. The lowest BCUT2D eigenvalue weighted by Gasteiger charge is -2.39. The first kappa shape index (κ1) is 43.1. The smallest absolute Gasteiger partial charge is 0.245 e. The summed E-state index contributed by atoms with van der Waals surface area (Å²) in [5, 5.41) is 0. The van der Waals surface area contributed by atoms with Crippen molar-refractivity contribution in [3.8, 4) is 22.8 Å². The number of aromatic amines is 2. The van der Waals surface area contributed by atoms with Crippen LogP contribution in [0.1, 0.15) is 71.8 Å². The summed E-state index contributed by atoms with van der Waals surface area (Å²) in [7, 11) is 4.28. The molecule has 0 bridgehead atoms. The number of carbonyl (C=O) groups excluding carboxylic acids is 2. The minimum absolute atomic E-state index is 0.0795. The average Bonchev–Trinajstić information content (AvgIpc) is 4.20. The van der Waals surface area contributed by atoms with Crippen LogP contribution in [0.4, 0.5) is 0 Å². The molecule has 0 radical (unpaired) electrons. The maximum atomic E-state index is 14.8. The van der Waals surface area contributed by atoms with Gasteiger partial charge in [0.1, 0.15) is 35.3 Å². The van der Waals surface area contributed by atoms with Gasteiger partial charge in [0.25, 0.3) is 0 Å². The van der Waals surface area contributed by atoms with E-state index in [1.54, 1.807) is 6.20 Å². The van der Waals surface area contributed by atoms with Crippen LogP contribution in [0.15, 0.2) is 114 Å². The number of nitrogens with zero attached hydrogens (tertiary/aromatic N) is 9. The molecule has 4 aliphatic heterocycles. The highest BCUT2D eigenvalue weighted by molar-refractivity contribution is 5.91. The van der Waals surface area contributed by atoms with Gasteiger partial charge in [0.2, 0.25) is 17.7 Å². The Hall–Kier alpha value is -6.45. The number of aryl methyl sites for hydroxylation is 1. The Balaban J connectivity index is 0.844. The van der Waals surface area contributed by atoms with Gasteiger partial charge in [-0.25, -0.2) is 15.0 Å². The van der Waals surface area contributed by atoms with Gasteiger partial charge in [-0.3, -0.25) is 19.4 Å². The van der Waals surface area contributed by atoms with Crippen molar-refractivity contribution in [1.82, 2.24) is 54.3 Å². The molecule has 67 heavy (non-hydrogen) atoms. The van der Waals surface area contributed by atoms with Crippen LogP contribution >= 0.6 is 0 Å². The second kappa shape index (κ2) is 18.0. The summed E-state index contributed by atoms with van der Waals surface area (Å²) in [6.45, 7) is 14.8. The highest BCUT2D eigenvalue weighted by Crippen LogP contribution is 2.41. The molecule has 0 spiro atoms. The maximum Gasteiger partial charge on any atom is 0.245 e. The maximum absolute atomic E-state index is 14.8. The molecule has 14 nitrogen and oxygen atoms in total. The lowest BCUT2D eigenvalue weighted by Crippen LogP contribution is -2.50. The van der Waals surface area contributed by atoms with Gasteiger partial charge in [-0.15, -0.1) is 0 Å². The second-order valence-electron chi connectivity index (χ2n) is 19.0. The number of hydrogen-bond acceptors (Lipinski definition) is 10. The van der Waals surface area contributed by atoms with E-state index in [0.717, 1.165) is 133 Å². The van der Waals surface area contributed by atoms with Crippen LogP contribution in [0.25, 0.3) is 44.8 Å². The number of carbonyl (C=O) groups is 2. The highest BCUT2D eigenvalue weighted by Gasteiger charge is 2.42. The molecular formula is C53H59N11O3. The van der Waals surface area contributed by atoms with Gasteiger partial charge in [0, 0.05) is 71.0 Å². The van der Waals surface area contributed by atoms with Gasteiger partial charge < -0.3 is 34.0 Å².